The molecule has 0 radical (unpaired) electrons. The highest BCUT2D eigenvalue weighted by Gasteiger charge is 2.27. The van der Waals surface area contributed by atoms with Gasteiger partial charge in [-0.15, -0.1) is 0 Å². The van der Waals surface area contributed by atoms with Crippen LogP contribution in [0.25, 0.3) is 0 Å². The third-order valence-electron chi connectivity index (χ3n) is 3.35. The second-order valence-corrected chi connectivity index (χ2v) is 9.48. The maximum atomic E-state index is 12.4. The van der Waals surface area contributed by atoms with Crippen LogP contribution in [-0.4, -0.2) is 36.0 Å². The van der Waals surface area contributed by atoms with E-state index in [2.05, 4.69) is 21.2 Å². The smallest absolute Gasteiger partial charge is 0.243 e. The zero-order chi connectivity index (χ0) is 15.7. The van der Waals surface area contributed by atoms with E-state index in [-0.39, 0.29) is 10.8 Å². The molecule has 1 fully saturated rings. The third-order valence-corrected chi connectivity index (χ3v) is 5.63. The molecule has 0 aromatic heterocycles. The molecule has 21 heavy (non-hydrogen) atoms. The molecule has 1 heterocycles. The van der Waals surface area contributed by atoms with Crippen LogP contribution < -0.4 is 5.32 Å². The van der Waals surface area contributed by atoms with Crippen LogP contribution in [-0.2, 0) is 14.8 Å². The Morgan fingerprint density at radius 1 is 1.19 bits per heavy atom. The van der Waals surface area contributed by atoms with Crippen molar-refractivity contribution >= 4 is 37.5 Å². The van der Waals surface area contributed by atoms with Gasteiger partial charge in [-0.25, -0.2) is 8.42 Å². The summed E-state index contributed by atoms with van der Waals surface area (Å²) in [6.07, 6.45) is 1.82. The van der Waals surface area contributed by atoms with Gasteiger partial charge in [-0.05, 0) is 51.0 Å². The molecule has 1 aromatic carbocycles. The predicted octanol–water partition coefficient (Wildman–Crippen LogP) is 2.58. The van der Waals surface area contributed by atoms with Crippen molar-refractivity contribution < 1.29 is 13.2 Å². The van der Waals surface area contributed by atoms with Crippen LogP contribution in [0.3, 0.4) is 0 Å². The third kappa shape index (κ3) is 3.84. The van der Waals surface area contributed by atoms with E-state index in [0.717, 1.165) is 12.8 Å². The number of benzene rings is 1. The quantitative estimate of drug-likeness (QED) is 0.823. The van der Waals surface area contributed by atoms with E-state index in [0.29, 0.717) is 18.8 Å². The summed E-state index contributed by atoms with van der Waals surface area (Å²) in [5.74, 6) is -0.183. The van der Waals surface area contributed by atoms with Gasteiger partial charge in [0, 0.05) is 18.8 Å². The van der Waals surface area contributed by atoms with Crippen molar-refractivity contribution in [2.75, 3.05) is 18.4 Å². The van der Waals surface area contributed by atoms with Gasteiger partial charge in [0.25, 0.3) is 0 Å². The van der Waals surface area contributed by atoms with Crippen LogP contribution in [0.4, 0.5) is 5.69 Å². The van der Waals surface area contributed by atoms with Crippen LogP contribution in [0.5, 0.6) is 0 Å². The number of amides is 1. The first kappa shape index (κ1) is 16.5. The molecule has 1 saturated heterocycles. The maximum Gasteiger partial charge on any atom is 0.243 e. The largest absolute Gasteiger partial charge is 0.325 e. The van der Waals surface area contributed by atoms with E-state index in [1.807, 2.05) is 0 Å². The molecule has 0 unspecified atom stereocenters. The number of hydrogen-bond donors (Lipinski definition) is 1. The maximum absolute atomic E-state index is 12.4. The monoisotopic (exact) mass is 374 g/mol. The summed E-state index contributed by atoms with van der Waals surface area (Å²) in [7, 11) is -3.40. The summed E-state index contributed by atoms with van der Waals surface area (Å²) in [5.41, 5.74) is 0.577. The van der Waals surface area contributed by atoms with Crippen LogP contribution in [0.2, 0.25) is 0 Å². The van der Waals surface area contributed by atoms with Crippen molar-refractivity contribution in [3.63, 3.8) is 0 Å². The van der Waals surface area contributed by atoms with Gasteiger partial charge in [-0.3, -0.25) is 4.79 Å². The van der Waals surface area contributed by atoms with Gasteiger partial charge in [0.15, 0.2) is 0 Å². The first-order chi connectivity index (χ1) is 9.71. The second-order valence-electron chi connectivity index (χ2n) is 5.56. The first-order valence-electron chi connectivity index (χ1n) is 6.82. The number of nitrogens with zero attached hydrogens (tertiary/aromatic N) is 1. The fourth-order valence-electron chi connectivity index (χ4n) is 2.07. The Kier molecular flexibility index (Phi) is 4.75. The number of alkyl halides is 1. The SMILES string of the molecule is CC(C)(Br)C(=O)Nc1ccc(S(=O)(=O)N2CCCC2)cc1. The lowest BCUT2D eigenvalue weighted by Gasteiger charge is -2.17. The Bertz CT molecular complexity index is 615. The van der Waals surface area contributed by atoms with Crippen molar-refractivity contribution in [3.05, 3.63) is 24.3 Å². The highest BCUT2D eigenvalue weighted by molar-refractivity contribution is 9.10. The molecule has 1 amide bonds. The van der Waals surface area contributed by atoms with Gasteiger partial charge in [0.1, 0.15) is 0 Å². The van der Waals surface area contributed by atoms with Gasteiger partial charge < -0.3 is 5.32 Å². The second kappa shape index (κ2) is 6.06. The van der Waals surface area contributed by atoms with E-state index in [1.54, 1.807) is 26.0 Å². The van der Waals surface area contributed by atoms with Gasteiger partial charge in [0.05, 0.1) is 9.22 Å². The van der Waals surface area contributed by atoms with Crippen molar-refractivity contribution in [2.24, 2.45) is 0 Å². The lowest BCUT2D eigenvalue weighted by atomic mass is 10.2. The molecule has 0 saturated carbocycles. The summed E-state index contributed by atoms with van der Waals surface area (Å²) >= 11 is 3.28. The molecular formula is C14H19BrN2O3S. The molecule has 1 aliphatic rings. The fourth-order valence-corrected chi connectivity index (χ4v) is 3.68. The molecule has 7 heteroatoms. The minimum absolute atomic E-state index is 0.183. The number of rotatable bonds is 4. The van der Waals surface area contributed by atoms with E-state index in [1.165, 1.54) is 16.4 Å². The minimum atomic E-state index is -3.40. The number of carbonyl (C=O) groups is 1. The van der Waals surface area contributed by atoms with Gasteiger partial charge in [-0.1, -0.05) is 15.9 Å². The number of hydrogen-bond acceptors (Lipinski definition) is 3. The number of sulfonamides is 1. The van der Waals surface area contributed by atoms with Crippen LogP contribution in [0.15, 0.2) is 29.2 Å². The zero-order valence-corrected chi connectivity index (χ0v) is 14.5. The molecule has 0 atom stereocenters. The highest BCUT2D eigenvalue weighted by atomic mass is 79.9. The standard InChI is InChI=1S/C14H19BrN2O3S/c1-14(2,15)13(18)16-11-5-7-12(8-6-11)21(19,20)17-9-3-4-10-17/h5-8H,3-4,9-10H2,1-2H3,(H,16,18). The molecule has 0 aliphatic carbocycles. The Balaban J connectivity index is 2.14. The average molecular weight is 375 g/mol. The van der Waals surface area contributed by atoms with E-state index < -0.39 is 14.3 Å². The molecule has 0 spiro atoms. The topological polar surface area (TPSA) is 66.5 Å². The molecular weight excluding hydrogens is 356 g/mol. The molecule has 5 nitrogen and oxygen atoms in total. The fraction of sp³-hybridized carbons (Fsp3) is 0.500. The average Bonchev–Trinajstić information content (AvgIpc) is 2.92. The first-order valence-corrected chi connectivity index (χ1v) is 9.05. The normalized spacial score (nSPS) is 16.9. The Hall–Kier alpha value is -0.920. The summed E-state index contributed by atoms with van der Waals surface area (Å²) in [5, 5.41) is 2.74. The van der Waals surface area contributed by atoms with Gasteiger partial charge in [0.2, 0.25) is 15.9 Å². The summed E-state index contributed by atoms with van der Waals surface area (Å²) in [6.45, 7) is 4.65. The summed E-state index contributed by atoms with van der Waals surface area (Å²) in [4.78, 5) is 12.1. The number of nitrogens with one attached hydrogen (secondary N) is 1. The molecule has 1 aromatic rings. The molecule has 116 valence electrons. The van der Waals surface area contributed by atoms with Crippen LogP contribution >= 0.6 is 15.9 Å². The Morgan fingerprint density at radius 2 is 1.71 bits per heavy atom. The van der Waals surface area contributed by atoms with Crippen molar-refractivity contribution in [1.29, 1.82) is 0 Å². The number of carbonyl (C=O) groups excluding carboxylic acids is 1. The molecule has 1 aliphatic heterocycles. The van der Waals surface area contributed by atoms with Crippen molar-refractivity contribution in [2.45, 2.75) is 35.9 Å². The Labute approximate surface area is 133 Å². The van der Waals surface area contributed by atoms with Crippen LogP contribution in [0.1, 0.15) is 26.7 Å². The number of halogens is 1. The summed E-state index contributed by atoms with van der Waals surface area (Å²) in [6, 6.07) is 6.29. The Morgan fingerprint density at radius 3 is 2.19 bits per heavy atom. The molecule has 0 bridgehead atoms. The number of anilines is 1. The molecule has 1 N–H and O–H groups in total. The lowest BCUT2D eigenvalue weighted by molar-refractivity contribution is -0.117. The van der Waals surface area contributed by atoms with Crippen molar-refractivity contribution in [1.82, 2.24) is 4.31 Å². The zero-order valence-electron chi connectivity index (χ0n) is 12.1. The minimum Gasteiger partial charge on any atom is -0.325 e. The van der Waals surface area contributed by atoms with Gasteiger partial charge in [-0.2, -0.15) is 4.31 Å². The van der Waals surface area contributed by atoms with Crippen LogP contribution in [0, 0.1) is 0 Å². The summed E-state index contributed by atoms with van der Waals surface area (Å²) < 4.78 is 25.5. The molecule has 2 rings (SSSR count). The van der Waals surface area contributed by atoms with E-state index in [9.17, 15) is 13.2 Å². The highest BCUT2D eigenvalue weighted by Crippen LogP contribution is 2.23. The van der Waals surface area contributed by atoms with Gasteiger partial charge >= 0.3 is 0 Å². The van der Waals surface area contributed by atoms with E-state index in [4.69, 9.17) is 0 Å². The van der Waals surface area contributed by atoms with Crippen molar-refractivity contribution in [3.8, 4) is 0 Å². The lowest BCUT2D eigenvalue weighted by Crippen LogP contribution is -2.31. The predicted molar refractivity (Wildman–Crippen MR) is 86.1 cm³/mol. The van der Waals surface area contributed by atoms with E-state index >= 15 is 0 Å².